The number of hydrazone groups is 1. The quantitative estimate of drug-likeness (QED) is 0.208. The van der Waals surface area contributed by atoms with Gasteiger partial charge in [-0.3, -0.25) is 10.2 Å². The van der Waals surface area contributed by atoms with Gasteiger partial charge < -0.3 is 21.4 Å². The van der Waals surface area contributed by atoms with E-state index < -0.39 is 0 Å². The number of H-pyrrole nitrogens is 1. The number of fused-ring (bicyclic) bond motifs is 2. The molecule has 0 aliphatic carbocycles. The fraction of sp³-hybridized carbons (Fsp3) is 0.261. The van der Waals surface area contributed by atoms with Gasteiger partial charge in [-0.1, -0.05) is 26.0 Å². The van der Waals surface area contributed by atoms with Crippen LogP contribution in [-0.4, -0.2) is 29.1 Å². The standard InChI is InChI=1S/C23H27N7O/c1-13(2)9-20(29-30-23(24)25)15-4-6-18-16(10-15)11-21(28-18)22(31)27-17-5-3-14-7-8-26-19(14)12-17/h3-6,10-13,26,28H,7-9H2,1-2H3,(H,27,31)(H4,24,25,30)/b29-20+. The molecule has 160 valence electrons. The molecule has 2 heterocycles. The van der Waals surface area contributed by atoms with E-state index in [-0.39, 0.29) is 11.9 Å². The molecular formula is C23H27N7O. The van der Waals surface area contributed by atoms with Crippen molar-refractivity contribution in [3.05, 3.63) is 59.3 Å². The summed E-state index contributed by atoms with van der Waals surface area (Å²) in [4.78, 5) is 16.0. The van der Waals surface area contributed by atoms with Crippen LogP contribution >= 0.6 is 0 Å². The largest absolute Gasteiger partial charge is 0.384 e. The van der Waals surface area contributed by atoms with Crippen molar-refractivity contribution in [2.45, 2.75) is 26.7 Å². The molecule has 31 heavy (non-hydrogen) atoms. The lowest BCUT2D eigenvalue weighted by molar-refractivity contribution is 0.102. The SMILES string of the molecule is CC(C)C/C(=N\NC(=N)N)c1ccc2[nH]c(C(=O)Nc3ccc4c(c3)NCC4)cc2c1. The van der Waals surface area contributed by atoms with Gasteiger partial charge in [0.05, 0.1) is 5.71 Å². The van der Waals surface area contributed by atoms with Crippen LogP contribution in [0.3, 0.4) is 0 Å². The third kappa shape index (κ3) is 4.69. The first-order chi connectivity index (χ1) is 14.9. The summed E-state index contributed by atoms with van der Waals surface area (Å²) < 4.78 is 0. The number of nitrogens with one attached hydrogen (secondary N) is 5. The molecule has 0 unspecified atom stereocenters. The van der Waals surface area contributed by atoms with Crippen LogP contribution in [0.4, 0.5) is 11.4 Å². The number of anilines is 2. The number of nitrogens with zero attached hydrogens (tertiary/aromatic N) is 1. The van der Waals surface area contributed by atoms with E-state index in [1.54, 1.807) is 0 Å². The lowest BCUT2D eigenvalue weighted by Crippen LogP contribution is -2.27. The topological polar surface area (TPSA) is 131 Å². The number of carbonyl (C=O) groups is 1. The van der Waals surface area contributed by atoms with Crippen LogP contribution in [-0.2, 0) is 6.42 Å². The van der Waals surface area contributed by atoms with Crippen molar-refractivity contribution < 1.29 is 4.79 Å². The van der Waals surface area contributed by atoms with E-state index in [2.05, 4.69) is 40.0 Å². The minimum Gasteiger partial charge on any atom is -0.384 e. The van der Waals surface area contributed by atoms with Gasteiger partial charge in [0.25, 0.3) is 5.91 Å². The van der Waals surface area contributed by atoms with Crippen molar-refractivity contribution in [2.24, 2.45) is 16.8 Å². The minimum atomic E-state index is -0.204. The van der Waals surface area contributed by atoms with E-state index in [0.29, 0.717) is 11.6 Å². The molecule has 0 radical (unpaired) electrons. The molecule has 0 spiro atoms. The second-order valence-electron chi connectivity index (χ2n) is 8.17. The lowest BCUT2D eigenvalue weighted by atomic mass is 9.99. The maximum absolute atomic E-state index is 12.8. The summed E-state index contributed by atoms with van der Waals surface area (Å²) in [5.41, 5.74) is 14.1. The predicted molar refractivity (Wildman–Crippen MR) is 126 cm³/mol. The van der Waals surface area contributed by atoms with Crippen LogP contribution in [0, 0.1) is 11.3 Å². The molecule has 1 amide bonds. The Morgan fingerprint density at radius 2 is 2.06 bits per heavy atom. The average molecular weight is 418 g/mol. The van der Waals surface area contributed by atoms with Gasteiger partial charge in [-0.05, 0) is 60.2 Å². The Kier molecular flexibility index (Phi) is 5.62. The summed E-state index contributed by atoms with van der Waals surface area (Å²) in [5.74, 6) is -0.00714. The Labute approximate surface area is 180 Å². The van der Waals surface area contributed by atoms with Crippen LogP contribution in [0.15, 0.2) is 47.6 Å². The molecule has 8 heteroatoms. The van der Waals surface area contributed by atoms with Crippen molar-refractivity contribution in [3.63, 3.8) is 0 Å². The first-order valence-corrected chi connectivity index (χ1v) is 10.4. The molecule has 3 aromatic rings. The summed E-state index contributed by atoms with van der Waals surface area (Å²) in [7, 11) is 0. The number of hydrogen-bond acceptors (Lipinski definition) is 4. The second kappa shape index (κ2) is 8.51. The third-order valence-electron chi connectivity index (χ3n) is 5.19. The molecular weight excluding hydrogens is 390 g/mol. The highest BCUT2D eigenvalue weighted by Gasteiger charge is 2.15. The van der Waals surface area contributed by atoms with Gasteiger partial charge >= 0.3 is 0 Å². The van der Waals surface area contributed by atoms with Crippen molar-refractivity contribution in [1.82, 2.24) is 10.4 Å². The van der Waals surface area contributed by atoms with E-state index >= 15 is 0 Å². The number of guanidine groups is 1. The zero-order valence-electron chi connectivity index (χ0n) is 17.7. The molecule has 1 aliphatic rings. The minimum absolute atomic E-state index is 0.190. The molecule has 1 aliphatic heterocycles. The zero-order valence-corrected chi connectivity index (χ0v) is 17.7. The molecule has 4 rings (SSSR count). The second-order valence-corrected chi connectivity index (χ2v) is 8.17. The van der Waals surface area contributed by atoms with Gasteiger partial charge in [0, 0.05) is 28.8 Å². The highest BCUT2D eigenvalue weighted by Crippen LogP contribution is 2.26. The molecule has 0 bridgehead atoms. The average Bonchev–Trinajstić information content (AvgIpc) is 3.36. The number of aromatic nitrogens is 1. The summed E-state index contributed by atoms with van der Waals surface area (Å²) in [6.45, 7) is 5.14. The lowest BCUT2D eigenvalue weighted by Gasteiger charge is -2.10. The fourth-order valence-electron chi connectivity index (χ4n) is 3.74. The predicted octanol–water partition coefficient (Wildman–Crippen LogP) is 3.62. The van der Waals surface area contributed by atoms with Gasteiger partial charge in [0.15, 0.2) is 0 Å². The Bertz CT molecular complexity index is 1180. The van der Waals surface area contributed by atoms with E-state index in [1.807, 2.05) is 42.5 Å². The van der Waals surface area contributed by atoms with Crippen LogP contribution < -0.4 is 21.8 Å². The van der Waals surface area contributed by atoms with Crippen LogP contribution in [0.1, 0.15) is 41.9 Å². The van der Waals surface area contributed by atoms with Gasteiger partial charge in [-0.15, -0.1) is 0 Å². The van der Waals surface area contributed by atoms with Crippen molar-refractivity contribution in [1.29, 1.82) is 5.41 Å². The number of nitrogens with two attached hydrogens (primary N) is 1. The first kappa shape index (κ1) is 20.5. The smallest absolute Gasteiger partial charge is 0.272 e. The van der Waals surface area contributed by atoms with Crippen LogP contribution in [0.25, 0.3) is 10.9 Å². The van der Waals surface area contributed by atoms with Crippen molar-refractivity contribution in [3.8, 4) is 0 Å². The number of amides is 1. The van der Waals surface area contributed by atoms with E-state index in [1.165, 1.54) is 5.56 Å². The first-order valence-electron chi connectivity index (χ1n) is 10.4. The van der Waals surface area contributed by atoms with Gasteiger partial charge in [0.1, 0.15) is 5.69 Å². The van der Waals surface area contributed by atoms with Gasteiger partial charge in [0.2, 0.25) is 5.96 Å². The summed E-state index contributed by atoms with van der Waals surface area (Å²) in [6, 6.07) is 13.7. The van der Waals surface area contributed by atoms with Gasteiger partial charge in [-0.25, -0.2) is 5.43 Å². The van der Waals surface area contributed by atoms with Crippen LogP contribution in [0.2, 0.25) is 0 Å². The Morgan fingerprint density at radius 3 is 2.84 bits per heavy atom. The normalized spacial score (nSPS) is 13.2. The molecule has 0 fully saturated rings. The van der Waals surface area contributed by atoms with E-state index in [0.717, 1.165) is 52.9 Å². The number of hydrogen-bond donors (Lipinski definition) is 6. The molecule has 7 N–H and O–H groups in total. The molecule has 0 saturated carbocycles. The number of aromatic amines is 1. The maximum atomic E-state index is 12.8. The Hall–Kier alpha value is -3.81. The summed E-state index contributed by atoms with van der Waals surface area (Å²) in [5, 5.41) is 18.8. The zero-order chi connectivity index (χ0) is 22.0. The molecule has 8 nitrogen and oxygen atoms in total. The number of benzene rings is 2. The Morgan fingerprint density at radius 1 is 1.23 bits per heavy atom. The molecule has 0 atom stereocenters. The van der Waals surface area contributed by atoms with Crippen molar-refractivity contribution >= 4 is 39.9 Å². The van der Waals surface area contributed by atoms with Crippen LogP contribution in [0.5, 0.6) is 0 Å². The number of rotatable bonds is 6. The Balaban J connectivity index is 1.57. The molecule has 1 aromatic heterocycles. The maximum Gasteiger partial charge on any atom is 0.272 e. The summed E-state index contributed by atoms with van der Waals surface area (Å²) >= 11 is 0. The van der Waals surface area contributed by atoms with E-state index in [4.69, 9.17) is 11.1 Å². The summed E-state index contributed by atoms with van der Waals surface area (Å²) in [6.07, 6.45) is 1.74. The monoisotopic (exact) mass is 417 g/mol. The van der Waals surface area contributed by atoms with Gasteiger partial charge in [-0.2, -0.15) is 5.10 Å². The number of carbonyl (C=O) groups excluding carboxylic acids is 1. The highest BCUT2D eigenvalue weighted by atomic mass is 16.1. The fourth-order valence-corrected chi connectivity index (χ4v) is 3.74. The highest BCUT2D eigenvalue weighted by molar-refractivity contribution is 6.08. The molecule has 2 aromatic carbocycles. The van der Waals surface area contributed by atoms with Crippen molar-refractivity contribution in [2.75, 3.05) is 17.2 Å². The molecule has 0 saturated heterocycles. The van der Waals surface area contributed by atoms with E-state index in [9.17, 15) is 4.79 Å². The third-order valence-corrected chi connectivity index (χ3v) is 5.19.